The van der Waals surface area contributed by atoms with E-state index in [1.54, 1.807) is 6.07 Å². The number of pyridine rings is 1. The van der Waals surface area contributed by atoms with Crippen molar-refractivity contribution in [2.45, 2.75) is 13.3 Å². The van der Waals surface area contributed by atoms with Gasteiger partial charge in [-0.25, -0.2) is 8.78 Å². The third-order valence-corrected chi connectivity index (χ3v) is 2.00. The van der Waals surface area contributed by atoms with Crippen LogP contribution in [0.2, 0.25) is 0 Å². The van der Waals surface area contributed by atoms with Gasteiger partial charge in [0.25, 0.3) is 11.7 Å². The van der Waals surface area contributed by atoms with Gasteiger partial charge in [-0.2, -0.15) is 5.26 Å². The molecule has 6 heteroatoms. The van der Waals surface area contributed by atoms with E-state index in [4.69, 9.17) is 16.9 Å². The van der Waals surface area contributed by atoms with E-state index in [1.165, 1.54) is 6.92 Å². The Morgan fingerprint density at radius 2 is 2.27 bits per heavy atom. The van der Waals surface area contributed by atoms with E-state index in [0.29, 0.717) is 5.56 Å². The molecule has 1 aromatic rings. The van der Waals surface area contributed by atoms with E-state index in [-0.39, 0.29) is 5.56 Å². The first-order valence-corrected chi connectivity index (χ1v) is 4.24. The molecule has 78 valence electrons. The third-order valence-electron chi connectivity index (χ3n) is 1.81. The van der Waals surface area contributed by atoms with Gasteiger partial charge in [-0.15, -0.1) is 0 Å². The molecule has 0 saturated heterocycles. The maximum atomic E-state index is 12.5. The van der Waals surface area contributed by atoms with Crippen molar-refractivity contribution in [3.8, 4) is 6.07 Å². The van der Waals surface area contributed by atoms with Crippen LogP contribution in [-0.4, -0.2) is 10.2 Å². The lowest BCUT2D eigenvalue weighted by Gasteiger charge is -2.07. The summed E-state index contributed by atoms with van der Waals surface area (Å²) < 4.78 is 24.9. The van der Waals surface area contributed by atoms with E-state index in [1.807, 2.05) is 0 Å². The Kier molecular flexibility index (Phi) is 3.32. The Labute approximate surface area is 89.3 Å². The molecule has 0 aliphatic rings. The summed E-state index contributed by atoms with van der Waals surface area (Å²) in [6.07, 6.45) is -1.82. The van der Waals surface area contributed by atoms with Crippen molar-refractivity contribution in [1.29, 1.82) is 5.26 Å². The van der Waals surface area contributed by atoms with Crippen molar-refractivity contribution < 1.29 is 13.6 Å². The van der Waals surface area contributed by atoms with Gasteiger partial charge in [-0.05, 0) is 24.1 Å². The lowest BCUT2D eigenvalue weighted by molar-refractivity contribution is 0.106. The van der Waals surface area contributed by atoms with Crippen LogP contribution < -0.4 is 0 Å². The number of halogens is 3. The Morgan fingerprint density at radius 3 is 2.67 bits per heavy atom. The minimum absolute atomic E-state index is 0.152. The summed E-state index contributed by atoms with van der Waals surface area (Å²) in [5.41, 5.74) is -1.07. The largest absolute Gasteiger partial charge is 0.281 e. The quantitative estimate of drug-likeness (QED) is 0.734. The second-order valence-electron chi connectivity index (χ2n) is 2.76. The first-order chi connectivity index (χ1) is 6.99. The first-order valence-electron chi connectivity index (χ1n) is 3.86. The highest BCUT2D eigenvalue weighted by atomic mass is 35.5. The number of aromatic nitrogens is 1. The van der Waals surface area contributed by atoms with Gasteiger partial charge in [0.05, 0.1) is 11.1 Å². The molecule has 1 rings (SSSR count). The number of nitriles is 1. The molecule has 0 aliphatic carbocycles. The molecule has 0 fully saturated rings. The molecule has 1 aromatic heterocycles. The monoisotopic (exact) mass is 230 g/mol. The summed E-state index contributed by atoms with van der Waals surface area (Å²) in [5.74, 6) is 0. The van der Waals surface area contributed by atoms with Crippen LogP contribution in [0.1, 0.15) is 33.6 Å². The minimum atomic E-state index is -2.93. The molecule has 0 N–H and O–H groups in total. The van der Waals surface area contributed by atoms with Gasteiger partial charge in [-0.1, -0.05) is 0 Å². The number of rotatable bonds is 2. The fourth-order valence-electron chi connectivity index (χ4n) is 1.13. The van der Waals surface area contributed by atoms with Gasteiger partial charge < -0.3 is 0 Å². The highest BCUT2D eigenvalue weighted by Gasteiger charge is 2.23. The standard InChI is InChI=1S/C9H5ClF2N2O/c1-4-3-14-7(9(11)12)6(8(10)15)5(4)2-13/h3,9H,1H3. The average molecular weight is 231 g/mol. The van der Waals surface area contributed by atoms with Crippen molar-refractivity contribution in [2.75, 3.05) is 0 Å². The Morgan fingerprint density at radius 1 is 1.67 bits per heavy atom. The maximum absolute atomic E-state index is 12.5. The van der Waals surface area contributed by atoms with Crippen molar-refractivity contribution in [2.24, 2.45) is 0 Å². The van der Waals surface area contributed by atoms with E-state index in [9.17, 15) is 13.6 Å². The SMILES string of the molecule is Cc1cnc(C(F)F)c(C(=O)Cl)c1C#N. The summed E-state index contributed by atoms with van der Waals surface area (Å²) in [6.45, 7) is 1.49. The second-order valence-corrected chi connectivity index (χ2v) is 3.11. The van der Waals surface area contributed by atoms with Crippen LogP contribution in [0.3, 0.4) is 0 Å². The molecular formula is C9H5ClF2N2O. The van der Waals surface area contributed by atoms with Gasteiger partial charge in [0.1, 0.15) is 11.8 Å². The molecule has 15 heavy (non-hydrogen) atoms. The van der Waals surface area contributed by atoms with Gasteiger partial charge >= 0.3 is 0 Å². The van der Waals surface area contributed by atoms with Crippen LogP contribution >= 0.6 is 11.6 Å². The summed E-state index contributed by atoms with van der Waals surface area (Å²) in [4.78, 5) is 14.3. The van der Waals surface area contributed by atoms with Crippen LogP contribution in [0.5, 0.6) is 0 Å². The Bertz CT molecular complexity index is 454. The zero-order valence-electron chi connectivity index (χ0n) is 7.59. The van der Waals surface area contributed by atoms with Crippen LogP contribution in [0.4, 0.5) is 8.78 Å². The molecule has 0 bridgehead atoms. The van der Waals surface area contributed by atoms with Crippen molar-refractivity contribution >= 4 is 16.8 Å². The Balaban J connectivity index is 3.58. The highest BCUT2D eigenvalue weighted by molar-refractivity contribution is 6.68. The third kappa shape index (κ3) is 2.10. The normalized spacial score (nSPS) is 10.1. The first kappa shape index (κ1) is 11.5. The van der Waals surface area contributed by atoms with Crippen LogP contribution in [-0.2, 0) is 0 Å². The molecule has 0 aromatic carbocycles. The minimum Gasteiger partial charge on any atom is -0.275 e. The zero-order chi connectivity index (χ0) is 11.6. The van der Waals surface area contributed by atoms with E-state index in [2.05, 4.69) is 4.98 Å². The van der Waals surface area contributed by atoms with Crippen molar-refractivity contribution in [1.82, 2.24) is 4.98 Å². The van der Waals surface area contributed by atoms with Gasteiger partial charge in [-0.3, -0.25) is 9.78 Å². The summed E-state index contributed by atoms with van der Waals surface area (Å²) in [6, 6.07) is 1.66. The summed E-state index contributed by atoms with van der Waals surface area (Å²) in [7, 11) is 0. The molecule has 0 atom stereocenters. The molecule has 0 amide bonds. The molecule has 0 spiro atoms. The van der Waals surface area contributed by atoms with Crippen molar-refractivity contribution in [3.05, 3.63) is 28.6 Å². The molecule has 0 unspecified atom stereocenters. The predicted molar refractivity (Wildman–Crippen MR) is 48.8 cm³/mol. The zero-order valence-corrected chi connectivity index (χ0v) is 8.35. The number of hydrogen-bond acceptors (Lipinski definition) is 3. The Hall–Kier alpha value is -1.54. The molecule has 3 nitrogen and oxygen atoms in total. The number of carbonyl (C=O) groups excluding carboxylic acids is 1. The maximum Gasteiger partial charge on any atom is 0.281 e. The predicted octanol–water partition coefficient (Wildman–Crippen LogP) is 2.58. The van der Waals surface area contributed by atoms with Gasteiger partial charge in [0.2, 0.25) is 0 Å². The number of aryl methyl sites for hydroxylation is 1. The van der Waals surface area contributed by atoms with Crippen LogP contribution in [0.15, 0.2) is 6.20 Å². The second kappa shape index (κ2) is 4.32. The number of nitrogens with zero attached hydrogens (tertiary/aromatic N) is 2. The van der Waals surface area contributed by atoms with Crippen LogP contribution in [0.25, 0.3) is 0 Å². The number of hydrogen-bond donors (Lipinski definition) is 0. The smallest absolute Gasteiger partial charge is 0.275 e. The number of alkyl halides is 2. The lowest BCUT2D eigenvalue weighted by atomic mass is 10.0. The lowest BCUT2D eigenvalue weighted by Crippen LogP contribution is -2.06. The highest BCUT2D eigenvalue weighted by Crippen LogP contribution is 2.26. The van der Waals surface area contributed by atoms with Gasteiger partial charge in [0.15, 0.2) is 0 Å². The van der Waals surface area contributed by atoms with E-state index >= 15 is 0 Å². The molecule has 0 radical (unpaired) electrons. The molecular weight excluding hydrogens is 226 g/mol. The molecule has 1 heterocycles. The fraction of sp³-hybridized carbons (Fsp3) is 0.222. The van der Waals surface area contributed by atoms with E-state index in [0.717, 1.165) is 6.20 Å². The molecule has 0 saturated carbocycles. The molecule has 0 aliphatic heterocycles. The average Bonchev–Trinajstić information content (AvgIpc) is 2.16. The fourth-order valence-corrected chi connectivity index (χ4v) is 1.32. The van der Waals surface area contributed by atoms with Crippen molar-refractivity contribution in [3.63, 3.8) is 0 Å². The number of carbonyl (C=O) groups is 1. The van der Waals surface area contributed by atoms with E-state index < -0.39 is 22.9 Å². The van der Waals surface area contributed by atoms with Crippen LogP contribution in [0, 0.1) is 18.3 Å². The summed E-state index contributed by atoms with van der Waals surface area (Å²) in [5, 5.41) is 7.62. The summed E-state index contributed by atoms with van der Waals surface area (Å²) >= 11 is 5.14. The van der Waals surface area contributed by atoms with Gasteiger partial charge in [0, 0.05) is 6.20 Å². The topological polar surface area (TPSA) is 53.8 Å².